The molecule has 0 unspecified atom stereocenters. The predicted octanol–water partition coefficient (Wildman–Crippen LogP) is 4.72. The molecule has 3 N–H and O–H groups in total. The van der Waals surface area contributed by atoms with Crippen LogP contribution >= 0.6 is 0 Å². The molecule has 0 aliphatic heterocycles. The molecule has 0 fully saturated rings. The van der Waals surface area contributed by atoms with E-state index in [-0.39, 0.29) is 10.8 Å². The normalized spacial score (nSPS) is 11.4. The quantitative estimate of drug-likeness (QED) is 0.435. The van der Waals surface area contributed by atoms with E-state index in [4.69, 9.17) is 9.47 Å². The van der Waals surface area contributed by atoms with Crippen molar-refractivity contribution in [2.75, 3.05) is 29.3 Å². The van der Waals surface area contributed by atoms with E-state index in [0.29, 0.717) is 22.9 Å². The average Bonchev–Trinajstić information content (AvgIpc) is 2.73. The minimum Gasteiger partial charge on any atom is -0.497 e. The third-order valence-electron chi connectivity index (χ3n) is 4.26. The van der Waals surface area contributed by atoms with Gasteiger partial charge in [-0.25, -0.2) is 18.2 Å². The number of aromatic nitrogens is 2. The number of ether oxygens (including phenoxy) is 2. The number of amides is 1. The summed E-state index contributed by atoms with van der Waals surface area (Å²) in [7, 11) is -1.97. The number of hydrogen-bond donors (Lipinski definition) is 3. The smallest absolute Gasteiger partial charge is 0.412 e. The average molecular weight is 486 g/mol. The number of carbonyl (C=O) groups is 1. The lowest BCUT2D eigenvalue weighted by atomic mass is 10.2. The summed E-state index contributed by atoms with van der Waals surface area (Å²) < 4.78 is 34.3. The summed E-state index contributed by atoms with van der Waals surface area (Å²) in [5.41, 5.74) is 1.21. The number of nitrogens with zero attached hydrogens (tertiary/aromatic N) is 2. The molecule has 0 bridgehead atoms. The van der Waals surface area contributed by atoms with Gasteiger partial charge < -0.3 is 20.1 Å². The summed E-state index contributed by atoms with van der Waals surface area (Å²) in [5.74, 6) is 1.16. The van der Waals surface area contributed by atoms with Crippen molar-refractivity contribution in [3.8, 4) is 5.75 Å². The maximum Gasteiger partial charge on any atom is 0.412 e. The number of methoxy groups -OCH3 is 1. The van der Waals surface area contributed by atoms with Crippen molar-refractivity contribution in [1.82, 2.24) is 9.97 Å². The Bertz CT molecular complexity index is 1270. The Hall–Kier alpha value is -3.86. The Balaban J connectivity index is 1.70. The number of carbonyl (C=O) groups excluding carboxylic acids is 1. The molecule has 180 valence electrons. The van der Waals surface area contributed by atoms with Crippen LogP contribution in [0.3, 0.4) is 0 Å². The first-order chi connectivity index (χ1) is 15.9. The Labute approximate surface area is 198 Å². The molecule has 0 spiro atoms. The van der Waals surface area contributed by atoms with E-state index >= 15 is 0 Å². The first-order valence-electron chi connectivity index (χ1n) is 10.3. The number of nitrogens with one attached hydrogen (secondary N) is 3. The van der Waals surface area contributed by atoms with Crippen molar-refractivity contribution in [1.29, 1.82) is 0 Å². The third kappa shape index (κ3) is 7.34. The standard InChI is InChI=1S/C23H27N5O5S/c1-23(2,3)33-22(29)27-16-8-6-15(7-9-16)25-20-10-11-24-21(28-20)26-17-12-18(32-4)14-19(13-17)34(5,30)31/h6-14H,1-5H3,(H,27,29)(H2,24,25,26,28). The second-order valence-corrected chi connectivity index (χ2v) is 10.4. The molecule has 11 heteroatoms. The second-order valence-electron chi connectivity index (χ2n) is 8.39. The van der Waals surface area contributed by atoms with Gasteiger partial charge in [-0.05, 0) is 63.2 Å². The topological polar surface area (TPSA) is 132 Å². The molecule has 1 aromatic heterocycles. The van der Waals surface area contributed by atoms with E-state index in [1.807, 2.05) is 0 Å². The lowest BCUT2D eigenvalue weighted by molar-refractivity contribution is 0.0636. The van der Waals surface area contributed by atoms with Crippen LogP contribution in [-0.2, 0) is 14.6 Å². The van der Waals surface area contributed by atoms with Crippen LogP contribution in [0.25, 0.3) is 0 Å². The highest BCUT2D eigenvalue weighted by molar-refractivity contribution is 7.90. The van der Waals surface area contributed by atoms with Gasteiger partial charge in [-0.2, -0.15) is 4.98 Å². The van der Waals surface area contributed by atoms with E-state index in [1.165, 1.54) is 19.2 Å². The summed E-state index contributed by atoms with van der Waals surface area (Å²) >= 11 is 0. The first kappa shape index (κ1) is 24.8. The van der Waals surface area contributed by atoms with Crippen LogP contribution in [0.15, 0.2) is 59.6 Å². The molecular weight excluding hydrogens is 458 g/mol. The van der Waals surface area contributed by atoms with Crippen LogP contribution in [0.4, 0.5) is 33.6 Å². The predicted molar refractivity (Wildman–Crippen MR) is 131 cm³/mol. The van der Waals surface area contributed by atoms with Gasteiger partial charge in [-0.15, -0.1) is 0 Å². The molecule has 2 aromatic carbocycles. The van der Waals surface area contributed by atoms with Gasteiger partial charge in [-0.1, -0.05) is 0 Å². The zero-order valence-electron chi connectivity index (χ0n) is 19.5. The Kier molecular flexibility index (Phi) is 7.26. The molecule has 0 atom stereocenters. The minimum absolute atomic E-state index is 0.115. The molecule has 0 saturated carbocycles. The van der Waals surface area contributed by atoms with Crippen molar-refractivity contribution in [3.63, 3.8) is 0 Å². The molecule has 34 heavy (non-hydrogen) atoms. The maximum atomic E-state index is 12.0. The highest BCUT2D eigenvalue weighted by atomic mass is 32.2. The van der Waals surface area contributed by atoms with Crippen LogP contribution in [0, 0.1) is 0 Å². The molecule has 0 radical (unpaired) electrons. The summed E-state index contributed by atoms with van der Waals surface area (Å²) in [4.78, 5) is 20.6. The summed E-state index contributed by atoms with van der Waals surface area (Å²) in [6.45, 7) is 5.38. The first-order valence-corrected chi connectivity index (χ1v) is 12.2. The molecule has 1 amide bonds. The summed E-state index contributed by atoms with van der Waals surface area (Å²) in [6.07, 6.45) is 2.16. The van der Waals surface area contributed by atoms with E-state index in [0.717, 1.165) is 11.9 Å². The molecular formula is C23H27N5O5S. The van der Waals surface area contributed by atoms with Gasteiger partial charge in [0.1, 0.15) is 17.2 Å². The highest BCUT2D eigenvalue weighted by Crippen LogP contribution is 2.26. The van der Waals surface area contributed by atoms with Crippen LogP contribution in [0.1, 0.15) is 20.8 Å². The third-order valence-corrected chi connectivity index (χ3v) is 5.35. The fourth-order valence-corrected chi connectivity index (χ4v) is 3.47. The summed E-state index contributed by atoms with van der Waals surface area (Å²) in [5, 5.41) is 8.82. The van der Waals surface area contributed by atoms with Gasteiger partial charge in [-0.3, -0.25) is 5.32 Å². The maximum absolute atomic E-state index is 12.0. The fourth-order valence-electron chi connectivity index (χ4n) is 2.80. The number of hydrogen-bond acceptors (Lipinski definition) is 9. The Morgan fingerprint density at radius 2 is 1.62 bits per heavy atom. The molecule has 1 heterocycles. The van der Waals surface area contributed by atoms with Crippen LogP contribution in [0.2, 0.25) is 0 Å². The van der Waals surface area contributed by atoms with E-state index in [2.05, 4.69) is 25.9 Å². The largest absolute Gasteiger partial charge is 0.497 e. The Morgan fingerprint density at radius 3 is 2.24 bits per heavy atom. The Morgan fingerprint density at radius 1 is 0.941 bits per heavy atom. The summed E-state index contributed by atoms with van der Waals surface area (Å²) in [6, 6.07) is 13.3. The number of anilines is 5. The van der Waals surface area contributed by atoms with Gasteiger partial charge in [0.2, 0.25) is 5.95 Å². The molecule has 3 rings (SSSR count). The second kappa shape index (κ2) is 9.96. The van der Waals surface area contributed by atoms with E-state index in [1.54, 1.807) is 63.4 Å². The van der Waals surface area contributed by atoms with Crippen LogP contribution in [0.5, 0.6) is 5.75 Å². The van der Waals surface area contributed by atoms with E-state index in [9.17, 15) is 13.2 Å². The van der Waals surface area contributed by atoms with Crippen LogP contribution in [-0.4, -0.2) is 43.4 Å². The van der Waals surface area contributed by atoms with Crippen molar-refractivity contribution in [2.45, 2.75) is 31.3 Å². The molecule has 0 saturated heterocycles. The zero-order valence-corrected chi connectivity index (χ0v) is 20.4. The monoisotopic (exact) mass is 485 g/mol. The molecule has 0 aliphatic rings. The number of sulfone groups is 1. The van der Waals surface area contributed by atoms with Gasteiger partial charge in [0.25, 0.3) is 0 Å². The van der Waals surface area contributed by atoms with Crippen molar-refractivity contribution in [3.05, 3.63) is 54.7 Å². The van der Waals surface area contributed by atoms with Gasteiger partial charge in [0.05, 0.1) is 12.0 Å². The lowest BCUT2D eigenvalue weighted by Crippen LogP contribution is -2.27. The highest BCUT2D eigenvalue weighted by Gasteiger charge is 2.16. The van der Waals surface area contributed by atoms with Crippen molar-refractivity contribution < 1.29 is 22.7 Å². The number of benzene rings is 2. The van der Waals surface area contributed by atoms with Crippen LogP contribution < -0.4 is 20.7 Å². The van der Waals surface area contributed by atoms with Crippen molar-refractivity contribution in [2.24, 2.45) is 0 Å². The molecule has 3 aromatic rings. The van der Waals surface area contributed by atoms with Crippen molar-refractivity contribution >= 4 is 44.8 Å². The molecule has 10 nitrogen and oxygen atoms in total. The lowest BCUT2D eigenvalue weighted by Gasteiger charge is -2.19. The number of rotatable bonds is 7. The van der Waals surface area contributed by atoms with Gasteiger partial charge in [0.15, 0.2) is 9.84 Å². The van der Waals surface area contributed by atoms with E-state index < -0.39 is 21.5 Å². The van der Waals surface area contributed by atoms with Gasteiger partial charge >= 0.3 is 6.09 Å². The molecule has 0 aliphatic carbocycles. The fraction of sp³-hybridized carbons (Fsp3) is 0.261. The zero-order chi connectivity index (χ0) is 24.9. The minimum atomic E-state index is -3.43. The van der Waals surface area contributed by atoms with Gasteiger partial charge in [0, 0.05) is 35.6 Å². The SMILES string of the molecule is COc1cc(Nc2nccc(Nc3ccc(NC(=O)OC(C)(C)C)cc3)n2)cc(S(C)(=O)=O)c1.